The number of nitrogens with one attached hydrogen (secondary N) is 1. The highest BCUT2D eigenvalue weighted by Gasteiger charge is 2.10. The number of aryl methyl sites for hydroxylation is 1. The monoisotopic (exact) mass is 195 g/mol. The maximum atomic E-state index is 13.2. The standard InChI is InChI=1S/C11H14FNO/c1-3-8-5-6-10(12)9(7-8)11(14)13-4-2/h5-7H,3-4H2,1-2H3,(H,13,14). The third-order valence-corrected chi connectivity index (χ3v) is 2.02. The van der Waals surface area contributed by atoms with Crippen molar-refractivity contribution in [2.75, 3.05) is 6.54 Å². The van der Waals surface area contributed by atoms with Gasteiger partial charge in [-0.15, -0.1) is 0 Å². The van der Waals surface area contributed by atoms with Crippen LogP contribution < -0.4 is 5.32 Å². The summed E-state index contributed by atoms with van der Waals surface area (Å²) >= 11 is 0. The molecule has 0 unspecified atom stereocenters. The predicted molar refractivity (Wildman–Crippen MR) is 53.8 cm³/mol. The molecule has 0 saturated heterocycles. The molecule has 0 aliphatic carbocycles. The summed E-state index contributed by atoms with van der Waals surface area (Å²) in [6.45, 7) is 4.28. The lowest BCUT2D eigenvalue weighted by Gasteiger charge is -2.05. The van der Waals surface area contributed by atoms with Gasteiger partial charge in [0.2, 0.25) is 0 Å². The third-order valence-electron chi connectivity index (χ3n) is 2.02. The maximum absolute atomic E-state index is 13.2. The lowest BCUT2D eigenvalue weighted by Crippen LogP contribution is -2.23. The minimum Gasteiger partial charge on any atom is -0.352 e. The Bertz CT molecular complexity index is 336. The number of carbonyl (C=O) groups is 1. The molecule has 0 spiro atoms. The molecule has 1 N–H and O–H groups in total. The molecule has 1 amide bonds. The molecule has 1 aromatic carbocycles. The van der Waals surface area contributed by atoms with Crippen molar-refractivity contribution in [1.82, 2.24) is 5.32 Å². The van der Waals surface area contributed by atoms with Crippen LogP contribution in [0.3, 0.4) is 0 Å². The Morgan fingerprint density at radius 1 is 1.43 bits per heavy atom. The molecular weight excluding hydrogens is 181 g/mol. The number of halogens is 1. The van der Waals surface area contributed by atoms with Gasteiger partial charge in [-0.2, -0.15) is 0 Å². The second-order valence-electron chi connectivity index (χ2n) is 3.03. The lowest BCUT2D eigenvalue weighted by molar-refractivity contribution is 0.0951. The summed E-state index contributed by atoms with van der Waals surface area (Å²) in [7, 11) is 0. The van der Waals surface area contributed by atoms with Crippen LogP contribution in [0.2, 0.25) is 0 Å². The van der Waals surface area contributed by atoms with Gasteiger partial charge in [0.05, 0.1) is 5.56 Å². The highest BCUT2D eigenvalue weighted by atomic mass is 19.1. The summed E-state index contributed by atoms with van der Waals surface area (Å²) in [6.07, 6.45) is 0.798. The Balaban J connectivity index is 2.99. The smallest absolute Gasteiger partial charge is 0.254 e. The van der Waals surface area contributed by atoms with Gasteiger partial charge in [0.1, 0.15) is 5.82 Å². The molecule has 1 rings (SSSR count). The van der Waals surface area contributed by atoms with Crippen LogP contribution in [0, 0.1) is 5.82 Å². The van der Waals surface area contributed by atoms with E-state index in [1.807, 2.05) is 6.92 Å². The van der Waals surface area contributed by atoms with Crippen molar-refractivity contribution in [1.29, 1.82) is 0 Å². The average Bonchev–Trinajstić information content (AvgIpc) is 2.19. The zero-order valence-corrected chi connectivity index (χ0v) is 8.43. The summed E-state index contributed by atoms with van der Waals surface area (Å²) in [6, 6.07) is 4.63. The fraction of sp³-hybridized carbons (Fsp3) is 0.364. The highest BCUT2D eigenvalue weighted by Crippen LogP contribution is 2.10. The first-order valence-electron chi connectivity index (χ1n) is 4.75. The molecule has 0 aliphatic heterocycles. The fourth-order valence-electron chi connectivity index (χ4n) is 1.22. The highest BCUT2D eigenvalue weighted by molar-refractivity contribution is 5.94. The first kappa shape index (κ1) is 10.7. The van der Waals surface area contributed by atoms with Crippen LogP contribution in [0.25, 0.3) is 0 Å². The van der Waals surface area contributed by atoms with E-state index in [0.717, 1.165) is 12.0 Å². The van der Waals surface area contributed by atoms with Crippen LogP contribution in [0.5, 0.6) is 0 Å². The van der Waals surface area contributed by atoms with Crippen LogP contribution in [0.1, 0.15) is 29.8 Å². The predicted octanol–water partition coefficient (Wildman–Crippen LogP) is 2.14. The molecule has 76 valence electrons. The van der Waals surface area contributed by atoms with E-state index in [0.29, 0.717) is 6.54 Å². The number of hydrogen-bond donors (Lipinski definition) is 1. The number of hydrogen-bond acceptors (Lipinski definition) is 1. The van der Waals surface area contributed by atoms with Gasteiger partial charge in [0, 0.05) is 6.54 Å². The Morgan fingerprint density at radius 2 is 2.14 bits per heavy atom. The van der Waals surface area contributed by atoms with E-state index in [-0.39, 0.29) is 11.5 Å². The van der Waals surface area contributed by atoms with Crippen LogP contribution in [-0.2, 0) is 6.42 Å². The van der Waals surface area contributed by atoms with Gasteiger partial charge < -0.3 is 5.32 Å². The summed E-state index contributed by atoms with van der Waals surface area (Å²) in [5.41, 5.74) is 1.10. The van der Waals surface area contributed by atoms with Crippen LogP contribution in [0.4, 0.5) is 4.39 Å². The molecule has 0 atom stereocenters. The molecule has 0 bridgehead atoms. The topological polar surface area (TPSA) is 29.1 Å². The zero-order valence-electron chi connectivity index (χ0n) is 8.43. The van der Waals surface area contributed by atoms with E-state index in [4.69, 9.17) is 0 Å². The molecule has 1 aromatic rings. The maximum Gasteiger partial charge on any atom is 0.254 e. The van der Waals surface area contributed by atoms with Crippen LogP contribution >= 0.6 is 0 Å². The zero-order chi connectivity index (χ0) is 10.6. The first-order valence-corrected chi connectivity index (χ1v) is 4.75. The summed E-state index contributed by atoms with van der Waals surface area (Å²) in [5, 5.41) is 2.58. The van der Waals surface area contributed by atoms with Crippen molar-refractivity contribution in [2.45, 2.75) is 20.3 Å². The van der Waals surface area contributed by atoms with Crippen LogP contribution in [0.15, 0.2) is 18.2 Å². The summed E-state index contributed by atoms with van der Waals surface area (Å²) < 4.78 is 13.2. The van der Waals surface area contributed by atoms with Crippen molar-refractivity contribution in [2.24, 2.45) is 0 Å². The van der Waals surface area contributed by atoms with E-state index in [1.165, 1.54) is 6.07 Å². The fourth-order valence-corrected chi connectivity index (χ4v) is 1.22. The normalized spacial score (nSPS) is 9.93. The van der Waals surface area contributed by atoms with E-state index >= 15 is 0 Å². The molecule has 0 aliphatic rings. The van der Waals surface area contributed by atoms with Gasteiger partial charge >= 0.3 is 0 Å². The second-order valence-corrected chi connectivity index (χ2v) is 3.03. The number of carbonyl (C=O) groups excluding carboxylic acids is 1. The van der Waals surface area contributed by atoms with Gasteiger partial charge in [-0.1, -0.05) is 13.0 Å². The number of rotatable bonds is 3. The van der Waals surface area contributed by atoms with Gasteiger partial charge in [0.15, 0.2) is 0 Å². The molecule has 0 heterocycles. The van der Waals surface area contributed by atoms with Crippen LogP contribution in [-0.4, -0.2) is 12.5 Å². The molecule has 0 saturated carbocycles. The van der Waals surface area contributed by atoms with Crippen molar-refractivity contribution in [3.05, 3.63) is 35.1 Å². The van der Waals surface area contributed by atoms with Crippen molar-refractivity contribution in [3.8, 4) is 0 Å². The Morgan fingerprint density at radius 3 is 2.71 bits per heavy atom. The Labute approximate surface area is 83.1 Å². The number of amides is 1. The Hall–Kier alpha value is -1.38. The Kier molecular flexibility index (Phi) is 3.63. The molecule has 14 heavy (non-hydrogen) atoms. The minimum absolute atomic E-state index is 0.131. The minimum atomic E-state index is -0.465. The summed E-state index contributed by atoms with van der Waals surface area (Å²) in [4.78, 5) is 11.4. The molecular formula is C11H14FNO. The summed E-state index contributed by atoms with van der Waals surface area (Å²) in [5.74, 6) is -0.812. The molecule has 2 nitrogen and oxygen atoms in total. The van der Waals surface area contributed by atoms with Crippen molar-refractivity contribution in [3.63, 3.8) is 0 Å². The molecule has 3 heteroatoms. The quantitative estimate of drug-likeness (QED) is 0.786. The van der Waals surface area contributed by atoms with Gasteiger partial charge in [-0.25, -0.2) is 4.39 Å². The van der Waals surface area contributed by atoms with E-state index in [9.17, 15) is 9.18 Å². The van der Waals surface area contributed by atoms with Crippen molar-refractivity contribution < 1.29 is 9.18 Å². The van der Waals surface area contributed by atoms with Gasteiger partial charge in [0.25, 0.3) is 5.91 Å². The van der Waals surface area contributed by atoms with E-state index in [2.05, 4.69) is 5.32 Å². The first-order chi connectivity index (χ1) is 6.69. The van der Waals surface area contributed by atoms with E-state index < -0.39 is 5.82 Å². The third kappa shape index (κ3) is 2.31. The lowest BCUT2D eigenvalue weighted by atomic mass is 10.1. The van der Waals surface area contributed by atoms with Crippen molar-refractivity contribution >= 4 is 5.91 Å². The molecule has 0 fully saturated rings. The van der Waals surface area contributed by atoms with E-state index in [1.54, 1.807) is 19.1 Å². The molecule has 0 aromatic heterocycles. The largest absolute Gasteiger partial charge is 0.352 e. The molecule has 0 radical (unpaired) electrons. The second kappa shape index (κ2) is 4.74. The van der Waals surface area contributed by atoms with Gasteiger partial charge in [-0.05, 0) is 31.0 Å². The SMILES string of the molecule is CCNC(=O)c1cc(CC)ccc1F. The average molecular weight is 195 g/mol. The van der Waals surface area contributed by atoms with Gasteiger partial charge in [-0.3, -0.25) is 4.79 Å². The number of benzene rings is 1.